The van der Waals surface area contributed by atoms with Gasteiger partial charge in [-0.2, -0.15) is 4.98 Å². The highest BCUT2D eigenvalue weighted by atomic mass is 35.5. The third-order valence-corrected chi connectivity index (χ3v) is 3.28. The lowest BCUT2D eigenvalue weighted by atomic mass is 10.1. The Kier molecular flexibility index (Phi) is 3.42. The molecule has 0 bridgehead atoms. The summed E-state index contributed by atoms with van der Waals surface area (Å²) in [5.41, 5.74) is -1.04. The monoisotopic (exact) mass is 320 g/mol. The van der Waals surface area contributed by atoms with Crippen LogP contribution in [0.3, 0.4) is 0 Å². The van der Waals surface area contributed by atoms with Gasteiger partial charge in [-0.1, -0.05) is 11.6 Å². The molecule has 3 rings (SSSR count). The second-order valence-corrected chi connectivity index (χ2v) is 5.00. The number of carbonyl (C=O) groups excluding carboxylic acids is 1. The van der Waals surface area contributed by atoms with Crippen molar-refractivity contribution in [3.8, 4) is 17.2 Å². The number of Topliss-reactive ketones (excluding diaryl/α,β-unsaturated/α-hetero) is 1. The Balaban J connectivity index is 2.24. The van der Waals surface area contributed by atoms with Gasteiger partial charge in [-0.15, -0.1) is 0 Å². The second-order valence-electron chi connectivity index (χ2n) is 4.62. The molecule has 0 radical (unpaired) electrons. The molecule has 22 heavy (non-hydrogen) atoms. The van der Waals surface area contributed by atoms with Crippen LogP contribution in [0.5, 0.6) is 5.75 Å². The summed E-state index contributed by atoms with van der Waals surface area (Å²) < 4.78 is 10.7. The smallest absolute Gasteiger partial charge is 0.351 e. The number of ether oxygens (including phenoxy) is 1. The van der Waals surface area contributed by atoms with E-state index in [-0.39, 0.29) is 40.2 Å². The number of rotatable bonds is 3. The van der Waals surface area contributed by atoms with Crippen LogP contribution in [0, 0.1) is 0 Å². The number of hydrogen-bond donors (Lipinski definition) is 1. The second kappa shape index (κ2) is 5.27. The summed E-state index contributed by atoms with van der Waals surface area (Å²) in [7, 11) is 0. The first kappa shape index (κ1) is 14.3. The summed E-state index contributed by atoms with van der Waals surface area (Å²) >= 11 is 6.18. The molecule has 0 fully saturated rings. The van der Waals surface area contributed by atoms with Gasteiger partial charge < -0.3 is 9.15 Å². The average molecular weight is 321 g/mol. The van der Waals surface area contributed by atoms with Crippen molar-refractivity contribution >= 4 is 28.4 Å². The number of nitrogens with one attached hydrogen (secondary N) is 1. The zero-order chi connectivity index (χ0) is 15.9. The topological polar surface area (TPSA) is 102 Å². The number of aromatic nitrogens is 2. The van der Waals surface area contributed by atoms with Crippen LogP contribution in [-0.2, 0) is 4.79 Å². The van der Waals surface area contributed by atoms with Crippen LogP contribution in [0.15, 0.2) is 32.2 Å². The molecule has 1 aromatic rings. The summed E-state index contributed by atoms with van der Waals surface area (Å²) in [6.07, 6.45) is 0. The lowest BCUT2D eigenvalue weighted by Crippen LogP contribution is -2.24. The minimum Gasteiger partial charge on any atom is -0.484 e. The molecule has 2 aliphatic heterocycles. The fraction of sp³-hybridized carbons (Fsp3) is 0.143. The van der Waals surface area contributed by atoms with Gasteiger partial charge in [0, 0.05) is 5.39 Å². The summed E-state index contributed by atoms with van der Waals surface area (Å²) in [6, 6.07) is 4.71. The minimum absolute atomic E-state index is 0.119. The molecule has 0 atom stereocenters. The Morgan fingerprint density at radius 3 is 2.91 bits per heavy atom. The molecule has 0 aliphatic carbocycles. The van der Waals surface area contributed by atoms with Crippen LogP contribution >= 0.6 is 11.6 Å². The van der Waals surface area contributed by atoms with E-state index < -0.39 is 11.2 Å². The molecule has 0 unspecified atom stereocenters. The molecule has 112 valence electrons. The molecule has 0 saturated heterocycles. The van der Waals surface area contributed by atoms with Crippen LogP contribution in [0.25, 0.3) is 22.4 Å². The molecule has 1 aromatic carbocycles. The molecular weight excluding hydrogens is 312 g/mol. The van der Waals surface area contributed by atoms with E-state index >= 15 is 0 Å². The van der Waals surface area contributed by atoms with Crippen LogP contribution < -0.4 is 16.0 Å². The van der Waals surface area contributed by atoms with Crippen LogP contribution in [0.1, 0.15) is 6.92 Å². The number of hydrogen-bond acceptors (Lipinski definition) is 6. The normalized spacial score (nSPS) is 11.0. The van der Waals surface area contributed by atoms with Crippen molar-refractivity contribution in [3.63, 3.8) is 0 Å². The van der Waals surface area contributed by atoms with Crippen molar-refractivity contribution < 1.29 is 13.9 Å². The van der Waals surface area contributed by atoms with E-state index in [4.69, 9.17) is 20.8 Å². The summed E-state index contributed by atoms with van der Waals surface area (Å²) in [5, 5.41) is 0.675. The van der Waals surface area contributed by atoms with Crippen molar-refractivity contribution in [2.24, 2.45) is 0 Å². The van der Waals surface area contributed by atoms with Gasteiger partial charge in [0.25, 0.3) is 5.56 Å². The van der Waals surface area contributed by atoms with Crippen molar-refractivity contribution in [1.29, 1.82) is 0 Å². The van der Waals surface area contributed by atoms with Gasteiger partial charge in [-0.25, -0.2) is 4.79 Å². The SMILES string of the molecule is CC(=O)COc1ccc2cc3c(=O)[nH]c(=O)nc-3oc2c1Cl. The number of halogens is 1. The molecule has 0 spiro atoms. The van der Waals surface area contributed by atoms with E-state index in [1.807, 2.05) is 0 Å². The maximum Gasteiger partial charge on any atom is 0.351 e. The first-order valence-electron chi connectivity index (χ1n) is 6.24. The highest BCUT2D eigenvalue weighted by Gasteiger charge is 2.17. The Morgan fingerprint density at radius 2 is 2.18 bits per heavy atom. The predicted octanol–water partition coefficient (Wildman–Crippen LogP) is 1.60. The fourth-order valence-electron chi connectivity index (χ4n) is 1.96. The zero-order valence-electron chi connectivity index (χ0n) is 11.3. The highest BCUT2D eigenvalue weighted by Crippen LogP contribution is 2.35. The number of fused-ring (bicyclic) bond motifs is 2. The van der Waals surface area contributed by atoms with Crippen molar-refractivity contribution in [2.45, 2.75) is 6.92 Å². The van der Waals surface area contributed by atoms with E-state index in [0.29, 0.717) is 5.39 Å². The Hall–Kier alpha value is -2.67. The Morgan fingerprint density at radius 1 is 1.41 bits per heavy atom. The molecule has 0 aromatic heterocycles. The lowest BCUT2D eigenvalue weighted by Gasteiger charge is -2.10. The maximum atomic E-state index is 11.7. The number of benzene rings is 1. The van der Waals surface area contributed by atoms with E-state index in [0.717, 1.165) is 0 Å². The maximum absolute atomic E-state index is 11.7. The van der Waals surface area contributed by atoms with Crippen LogP contribution in [0.2, 0.25) is 5.02 Å². The minimum atomic E-state index is -0.805. The van der Waals surface area contributed by atoms with E-state index in [1.54, 1.807) is 12.1 Å². The molecule has 7 nitrogen and oxygen atoms in total. The van der Waals surface area contributed by atoms with Gasteiger partial charge in [0.05, 0.1) is 0 Å². The van der Waals surface area contributed by atoms with E-state index in [2.05, 4.69) is 9.97 Å². The van der Waals surface area contributed by atoms with E-state index in [9.17, 15) is 14.4 Å². The van der Waals surface area contributed by atoms with Crippen LogP contribution in [-0.4, -0.2) is 22.4 Å². The van der Waals surface area contributed by atoms with Gasteiger partial charge in [-0.3, -0.25) is 14.6 Å². The molecular formula is C14H9ClN2O5. The molecule has 2 aliphatic rings. The number of carbonyl (C=O) groups is 1. The van der Waals surface area contributed by atoms with Crippen LogP contribution in [0.4, 0.5) is 0 Å². The average Bonchev–Trinajstić information content (AvgIpc) is 2.45. The predicted molar refractivity (Wildman–Crippen MR) is 78.7 cm³/mol. The number of ketones is 1. The van der Waals surface area contributed by atoms with Gasteiger partial charge in [0.2, 0.25) is 5.89 Å². The summed E-state index contributed by atoms with van der Waals surface area (Å²) in [4.78, 5) is 39.6. The van der Waals surface area contributed by atoms with Gasteiger partial charge >= 0.3 is 5.69 Å². The number of H-pyrrole nitrogens is 1. The molecule has 0 saturated carbocycles. The third-order valence-electron chi connectivity index (χ3n) is 2.92. The highest BCUT2D eigenvalue weighted by molar-refractivity contribution is 6.36. The molecule has 1 N–H and O–H groups in total. The fourth-order valence-corrected chi connectivity index (χ4v) is 2.23. The van der Waals surface area contributed by atoms with Crippen molar-refractivity contribution in [1.82, 2.24) is 9.97 Å². The Bertz CT molecular complexity index is 975. The molecule has 2 heterocycles. The summed E-state index contributed by atoms with van der Waals surface area (Å²) in [6.45, 7) is 1.26. The first-order valence-corrected chi connectivity index (χ1v) is 6.62. The third kappa shape index (κ3) is 2.46. The van der Waals surface area contributed by atoms with Crippen molar-refractivity contribution in [3.05, 3.63) is 44.1 Å². The molecule has 0 amide bonds. The van der Waals surface area contributed by atoms with Crippen molar-refractivity contribution in [2.75, 3.05) is 6.61 Å². The summed E-state index contributed by atoms with van der Waals surface area (Å²) in [5.74, 6) is -0.0117. The number of nitrogens with zero attached hydrogens (tertiary/aromatic N) is 1. The standard InChI is InChI=1S/C14H9ClN2O5/c1-6(18)5-21-9-3-2-7-4-8-12(19)16-14(20)17-13(8)22-11(7)10(9)15/h2-4H,5H2,1H3,(H,16,19,20). The zero-order valence-corrected chi connectivity index (χ0v) is 12.1. The Labute approximate surface area is 127 Å². The van der Waals surface area contributed by atoms with Gasteiger partial charge in [-0.05, 0) is 25.1 Å². The first-order chi connectivity index (χ1) is 10.5. The van der Waals surface area contributed by atoms with E-state index in [1.165, 1.54) is 13.0 Å². The largest absolute Gasteiger partial charge is 0.484 e. The quantitative estimate of drug-likeness (QED) is 0.735. The lowest BCUT2D eigenvalue weighted by molar-refractivity contribution is -0.118. The van der Waals surface area contributed by atoms with Gasteiger partial charge in [0.1, 0.15) is 22.9 Å². The number of aromatic amines is 1. The van der Waals surface area contributed by atoms with Gasteiger partial charge in [0.15, 0.2) is 11.4 Å². The molecule has 8 heteroatoms.